The summed E-state index contributed by atoms with van der Waals surface area (Å²) in [4.78, 5) is 11.4. The number of hydrogen-bond acceptors (Lipinski definition) is 2. The fourth-order valence-electron chi connectivity index (χ4n) is 1.75. The van der Waals surface area contributed by atoms with Crippen molar-refractivity contribution in [2.24, 2.45) is 0 Å². The number of amides is 1. The van der Waals surface area contributed by atoms with Gasteiger partial charge in [-0.3, -0.25) is 4.90 Å². The number of aliphatic hydroxyl groups is 1. The zero-order valence-corrected chi connectivity index (χ0v) is 8.86. The molecule has 4 nitrogen and oxygen atoms in total. The van der Waals surface area contributed by atoms with E-state index in [4.69, 9.17) is 16.7 Å². The summed E-state index contributed by atoms with van der Waals surface area (Å²) in [6, 6.07) is 4.46. The lowest BCUT2D eigenvalue weighted by Crippen LogP contribution is -2.56. The molecular formula is C10H9ClFNO3. The minimum Gasteiger partial charge on any atom is -0.465 e. The average molecular weight is 246 g/mol. The Kier molecular flexibility index (Phi) is 2.73. The third kappa shape index (κ3) is 1.62. The van der Waals surface area contributed by atoms with Crippen molar-refractivity contribution in [3.63, 3.8) is 0 Å². The van der Waals surface area contributed by atoms with Crippen LogP contribution in [0.2, 0.25) is 5.02 Å². The molecule has 16 heavy (non-hydrogen) atoms. The SMILES string of the molecule is O=C(O)N1C[C@H](c2cccc(Cl)c2F)[C@@H]1O. The second kappa shape index (κ2) is 3.92. The van der Waals surface area contributed by atoms with Gasteiger partial charge in [0.15, 0.2) is 0 Å². The van der Waals surface area contributed by atoms with Crippen LogP contribution in [0.25, 0.3) is 0 Å². The molecule has 2 rings (SSSR count). The van der Waals surface area contributed by atoms with Crippen LogP contribution < -0.4 is 0 Å². The van der Waals surface area contributed by atoms with E-state index < -0.39 is 24.1 Å². The van der Waals surface area contributed by atoms with E-state index in [2.05, 4.69) is 0 Å². The molecule has 0 aliphatic carbocycles. The Hall–Kier alpha value is -1.33. The summed E-state index contributed by atoms with van der Waals surface area (Å²) >= 11 is 5.60. The van der Waals surface area contributed by atoms with Gasteiger partial charge in [-0.25, -0.2) is 9.18 Å². The summed E-state index contributed by atoms with van der Waals surface area (Å²) < 4.78 is 13.6. The Morgan fingerprint density at radius 2 is 2.25 bits per heavy atom. The van der Waals surface area contributed by atoms with Gasteiger partial charge in [-0.15, -0.1) is 0 Å². The summed E-state index contributed by atoms with van der Waals surface area (Å²) in [5.41, 5.74) is 0.248. The zero-order valence-electron chi connectivity index (χ0n) is 8.10. The van der Waals surface area contributed by atoms with Crippen molar-refractivity contribution in [1.29, 1.82) is 0 Å². The molecule has 0 saturated carbocycles. The van der Waals surface area contributed by atoms with E-state index in [-0.39, 0.29) is 17.1 Å². The topological polar surface area (TPSA) is 60.8 Å². The molecule has 1 aromatic rings. The van der Waals surface area contributed by atoms with E-state index in [0.29, 0.717) is 0 Å². The van der Waals surface area contributed by atoms with Crippen molar-refractivity contribution >= 4 is 17.7 Å². The molecule has 1 heterocycles. The van der Waals surface area contributed by atoms with E-state index in [1.165, 1.54) is 12.1 Å². The zero-order chi connectivity index (χ0) is 11.9. The van der Waals surface area contributed by atoms with Gasteiger partial charge >= 0.3 is 6.09 Å². The number of carboxylic acid groups (broad SMARTS) is 1. The maximum atomic E-state index is 13.6. The largest absolute Gasteiger partial charge is 0.465 e. The number of hydrogen-bond donors (Lipinski definition) is 2. The third-order valence-electron chi connectivity index (χ3n) is 2.70. The van der Waals surface area contributed by atoms with E-state index in [0.717, 1.165) is 4.90 Å². The van der Waals surface area contributed by atoms with Gasteiger partial charge in [0.2, 0.25) is 0 Å². The Bertz CT molecular complexity index is 440. The summed E-state index contributed by atoms with van der Waals surface area (Å²) in [5, 5.41) is 18.2. The molecule has 1 amide bonds. The van der Waals surface area contributed by atoms with E-state index in [1.807, 2.05) is 0 Å². The predicted octanol–water partition coefficient (Wildman–Crippen LogP) is 1.87. The van der Waals surface area contributed by atoms with Crippen LogP contribution in [0.15, 0.2) is 18.2 Å². The van der Waals surface area contributed by atoms with E-state index in [1.54, 1.807) is 6.07 Å². The first kappa shape index (κ1) is 11.2. The standard InChI is InChI=1S/C10H9ClFNO3/c11-7-3-1-2-5(8(7)12)6-4-13(9(6)14)10(15)16/h1-3,6,9,14H,4H2,(H,15,16)/t6-,9+/m1/s1. The van der Waals surface area contributed by atoms with Gasteiger partial charge in [0.25, 0.3) is 0 Å². The molecule has 1 aromatic carbocycles. The maximum Gasteiger partial charge on any atom is 0.409 e. The van der Waals surface area contributed by atoms with Gasteiger partial charge in [0.05, 0.1) is 5.02 Å². The van der Waals surface area contributed by atoms with Crippen LogP contribution in [0.5, 0.6) is 0 Å². The Morgan fingerprint density at radius 3 is 2.81 bits per heavy atom. The van der Waals surface area contributed by atoms with Crippen molar-refractivity contribution in [2.75, 3.05) is 6.54 Å². The van der Waals surface area contributed by atoms with Crippen LogP contribution >= 0.6 is 11.6 Å². The molecule has 86 valence electrons. The molecule has 1 saturated heterocycles. The van der Waals surface area contributed by atoms with Gasteiger partial charge < -0.3 is 10.2 Å². The number of likely N-dealkylation sites (tertiary alicyclic amines) is 1. The van der Waals surface area contributed by atoms with Crippen LogP contribution in [-0.4, -0.2) is 34.0 Å². The Labute approximate surface area is 95.9 Å². The number of halogens is 2. The maximum absolute atomic E-state index is 13.6. The lowest BCUT2D eigenvalue weighted by molar-refractivity contribution is -0.0774. The van der Waals surface area contributed by atoms with Crippen LogP contribution in [-0.2, 0) is 0 Å². The third-order valence-corrected chi connectivity index (χ3v) is 2.99. The molecular weight excluding hydrogens is 237 g/mol. The molecule has 0 unspecified atom stereocenters. The van der Waals surface area contributed by atoms with Gasteiger partial charge in [0, 0.05) is 12.5 Å². The molecule has 1 fully saturated rings. The van der Waals surface area contributed by atoms with Crippen molar-refractivity contribution in [2.45, 2.75) is 12.1 Å². The van der Waals surface area contributed by atoms with Crippen LogP contribution in [0.4, 0.5) is 9.18 Å². The average Bonchev–Trinajstić information content (AvgIpc) is 2.22. The fraction of sp³-hybridized carbons (Fsp3) is 0.300. The molecule has 1 aliphatic rings. The first-order chi connectivity index (χ1) is 7.52. The highest BCUT2D eigenvalue weighted by Gasteiger charge is 2.43. The summed E-state index contributed by atoms with van der Waals surface area (Å²) in [5.74, 6) is -1.15. The van der Waals surface area contributed by atoms with Crippen molar-refractivity contribution in [1.82, 2.24) is 4.90 Å². The monoisotopic (exact) mass is 245 g/mol. The lowest BCUT2D eigenvalue weighted by atomic mass is 9.89. The smallest absolute Gasteiger partial charge is 0.409 e. The van der Waals surface area contributed by atoms with Crippen molar-refractivity contribution in [3.8, 4) is 0 Å². The predicted molar refractivity (Wildman–Crippen MR) is 54.9 cm³/mol. The fourth-order valence-corrected chi connectivity index (χ4v) is 1.93. The number of carbonyl (C=O) groups is 1. The molecule has 2 N–H and O–H groups in total. The van der Waals surface area contributed by atoms with Crippen molar-refractivity contribution < 1.29 is 19.4 Å². The molecule has 0 radical (unpaired) electrons. The van der Waals surface area contributed by atoms with Gasteiger partial charge in [-0.2, -0.15) is 0 Å². The number of nitrogens with zero attached hydrogens (tertiary/aromatic N) is 1. The number of rotatable bonds is 1. The molecule has 0 spiro atoms. The molecule has 2 atom stereocenters. The minimum atomic E-state index is -1.22. The van der Waals surface area contributed by atoms with Gasteiger partial charge in [-0.1, -0.05) is 23.7 Å². The first-order valence-corrected chi connectivity index (χ1v) is 5.01. The van der Waals surface area contributed by atoms with Gasteiger partial charge in [-0.05, 0) is 11.6 Å². The first-order valence-electron chi connectivity index (χ1n) is 4.64. The second-order valence-electron chi connectivity index (χ2n) is 3.60. The summed E-state index contributed by atoms with van der Waals surface area (Å²) in [6.07, 6.45) is -2.42. The minimum absolute atomic E-state index is 0.0292. The molecule has 1 aliphatic heterocycles. The highest BCUT2D eigenvalue weighted by Crippen LogP contribution is 2.35. The second-order valence-corrected chi connectivity index (χ2v) is 4.01. The molecule has 6 heteroatoms. The van der Waals surface area contributed by atoms with E-state index >= 15 is 0 Å². The quantitative estimate of drug-likeness (QED) is 0.794. The molecule has 0 aromatic heterocycles. The van der Waals surface area contributed by atoms with Crippen LogP contribution in [0.3, 0.4) is 0 Å². The summed E-state index contributed by atoms with van der Waals surface area (Å²) in [6.45, 7) is 0.0771. The Morgan fingerprint density at radius 1 is 1.56 bits per heavy atom. The molecule has 0 bridgehead atoms. The van der Waals surface area contributed by atoms with Crippen LogP contribution in [0, 0.1) is 5.82 Å². The highest BCUT2D eigenvalue weighted by molar-refractivity contribution is 6.30. The number of aliphatic hydroxyl groups excluding tert-OH is 1. The van der Waals surface area contributed by atoms with Gasteiger partial charge in [0.1, 0.15) is 12.0 Å². The summed E-state index contributed by atoms with van der Waals surface area (Å²) in [7, 11) is 0. The Balaban J connectivity index is 2.22. The van der Waals surface area contributed by atoms with Crippen molar-refractivity contribution in [3.05, 3.63) is 34.6 Å². The van der Waals surface area contributed by atoms with Crippen LogP contribution in [0.1, 0.15) is 11.5 Å². The number of benzene rings is 1. The lowest BCUT2D eigenvalue weighted by Gasteiger charge is -2.43. The van der Waals surface area contributed by atoms with E-state index in [9.17, 15) is 14.3 Å². The highest BCUT2D eigenvalue weighted by atomic mass is 35.5. The normalized spacial score (nSPS) is 24.1.